The lowest BCUT2D eigenvalue weighted by atomic mass is 10.2. The summed E-state index contributed by atoms with van der Waals surface area (Å²) in [5.41, 5.74) is 12.0. The second kappa shape index (κ2) is 5.86. The Hall–Kier alpha value is -1.85. The van der Waals surface area contributed by atoms with Crippen LogP contribution in [0.25, 0.3) is 0 Å². The van der Waals surface area contributed by atoms with Gasteiger partial charge in [-0.25, -0.2) is 9.97 Å². The highest BCUT2D eigenvalue weighted by Crippen LogP contribution is 2.25. The van der Waals surface area contributed by atoms with Crippen LogP contribution in [0, 0.1) is 6.92 Å². The second-order valence-electron chi connectivity index (χ2n) is 5.26. The SMILES string of the molecule is Cc1c(N)nc(C(C)C)nc1N(CC(N)=O)C(C)C. The van der Waals surface area contributed by atoms with Crippen LogP contribution in [-0.4, -0.2) is 28.5 Å². The Morgan fingerprint density at radius 3 is 2.26 bits per heavy atom. The normalized spacial score (nSPS) is 11.1. The standard InChI is InChI=1S/C13H23N5O/c1-7(2)12-16-11(15)9(5)13(17-12)18(8(3)4)6-10(14)19/h7-8H,6H2,1-5H3,(H2,14,19)(H2,15,16,17). The lowest BCUT2D eigenvalue weighted by molar-refractivity contribution is -0.116. The van der Waals surface area contributed by atoms with Gasteiger partial charge in [-0.05, 0) is 20.8 Å². The zero-order chi connectivity index (χ0) is 14.7. The number of anilines is 2. The zero-order valence-electron chi connectivity index (χ0n) is 12.3. The van der Waals surface area contributed by atoms with Gasteiger partial charge < -0.3 is 16.4 Å². The van der Waals surface area contributed by atoms with Crippen LogP contribution in [0.5, 0.6) is 0 Å². The van der Waals surface area contributed by atoms with E-state index in [4.69, 9.17) is 11.5 Å². The Balaban J connectivity index is 3.32. The molecule has 6 heteroatoms. The molecule has 0 fully saturated rings. The first-order valence-corrected chi connectivity index (χ1v) is 6.43. The van der Waals surface area contributed by atoms with Gasteiger partial charge in [-0.2, -0.15) is 0 Å². The fourth-order valence-corrected chi connectivity index (χ4v) is 1.75. The number of hydrogen-bond acceptors (Lipinski definition) is 5. The molecule has 6 nitrogen and oxygen atoms in total. The van der Waals surface area contributed by atoms with E-state index in [1.165, 1.54) is 0 Å². The Kier molecular flexibility index (Phi) is 4.69. The third kappa shape index (κ3) is 3.56. The number of nitrogens with zero attached hydrogens (tertiary/aromatic N) is 3. The predicted molar refractivity (Wildman–Crippen MR) is 76.9 cm³/mol. The molecule has 0 spiro atoms. The molecule has 1 aromatic heterocycles. The highest BCUT2D eigenvalue weighted by atomic mass is 16.1. The van der Waals surface area contributed by atoms with Gasteiger partial charge in [-0.15, -0.1) is 0 Å². The lowest BCUT2D eigenvalue weighted by Crippen LogP contribution is -2.40. The molecule has 0 aliphatic carbocycles. The molecule has 106 valence electrons. The van der Waals surface area contributed by atoms with Crippen LogP contribution < -0.4 is 16.4 Å². The minimum absolute atomic E-state index is 0.0977. The topological polar surface area (TPSA) is 98.1 Å². The van der Waals surface area contributed by atoms with Crippen molar-refractivity contribution in [3.63, 3.8) is 0 Å². The van der Waals surface area contributed by atoms with Crippen LogP contribution in [0.15, 0.2) is 0 Å². The van der Waals surface area contributed by atoms with Crippen molar-refractivity contribution in [2.45, 2.75) is 46.6 Å². The number of carbonyl (C=O) groups is 1. The maximum atomic E-state index is 11.2. The quantitative estimate of drug-likeness (QED) is 0.833. The van der Waals surface area contributed by atoms with E-state index in [1.54, 1.807) is 0 Å². The Morgan fingerprint density at radius 1 is 1.26 bits per heavy atom. The van der Waals surface area contributed by atoms with Gasteiger partial charge in [0, 0.05) is 17.5 Å². The highest BCUT2D eigenvalue weighted by Gasteiger charge is 2.20. The van der Waals surface area contributed by atoms with Crippen LogP contribution in [0.2, 0.25) is 0 Å². The van der Waals surface area contributed by atoms with Crippen LogP contribution in [0.4, 0.5) is 11.6 Å². The summed E-state index contributed by atoms with van der Waals surface area (Å²) in [7, 11) is 0. The van der Waals surface area contributed by atoms with Crippen molar-refractivity contribution in [3.8, 4) is 0 Å². The maximum absolute atomic E-state index is 11.2. The van der Waals surface area contributed by atoms with E-state index < -0.39 is 5.91 Å². The molecule has 1 amide bonds. The van der Waals surface area contributed by atoms with Gasteiger partial charge >= 0.3 is 0 Å². The molecule has 0 bridgehead atoms. The summed E-state index contributed by atoms with van der Waals surface area (Å²) in [6.07, 6.45) is 0. The van der Waals surface area contributed by atoms with Crippen molar-refractivity contribution in [3.05, 3.63) is 11.4 Å². The summed E-state index contributed by atoms with van der Waals surface area (Å²) in [5, 5.41) is 0. The van der Waals surface area contributed by atoms with Crippen molar-refractivity contribution < 1.29 is 4.79 Å². The van der Waals surface area contributed by atoms with Gasteiger partial charge in [0.05, 0.1) is 6.54 Å². The van der Waals surface area contributed by atoms with E-state index >= 15 is 0 Å². The molecule has 0 unspecified atom stereocenters. The largest absolute Gasteiger partial charge is 0.383 e. The van der Waals surface area contributed by atoms with Gasteiger partial charge in [-0.1, -0.05) is 13.8 Å². The van der Waals surface area contributed by atoms with E-state index in [1.807, 2.05) is 39.5 Å². The van der Waals surface area contributed by atoms with E-state index in [9.17, 15) is 4.79 Å². The fourth-order valence-electron chi connectivity index (χ4n) is 1.75. The van der Waals surface area contributed by atoms with Gasteiger partial charge in [0.1, 0.15) is 17.5 Å². The number of nitrogen functional groups attached to an aromatic ring is 1. The molecule has 1 rings (SSSR count). The monoisotopic (exact) mass is 265 g/mol. The molecule has 0 atom stereocenters. The molecular weight excluding hydrogens is 242 g/mol. The summed E-state index contributed by atoms with van der Waals surface area (Å²) in [4.78, 5) is 21.9. The van der Waals surface area contributed by atoms with Crippen LogP contribution in [0.3, 0.4) is 0 Å². The molecule has 19 heavy (non-hydrogen) atoms. The zero-order valence-corrected chi connectivity index (χ0v) is 12.3. The number of carbonyl (C=O) groups excluding carboxylic acids is 1. The fraction of sp³-hybridized carbons (Fsp3) is 0.615. The molecule has 1 heterocycles. The first kappa shape index (κ1) is 15.2. The van der Waals surface area contributed by atoms with Gasteiger partial charge in [0.15, 0.2) is 0 Å². The Bertz CT molecular complexity index is 470. The molecule has 0 aliphatic heterocycles. The van der Waals surface area contributed by atoms with Crippen molar-refractivity contribution in [2.75, 3.05) is 17.2 Å². The van der Waals surface area contributed by atoms with Crippen molar-refractivity contribution in [1.29, 1.82) is 0 Å². The average molecular weight is 265 g/mol. The third-order valence-corrected chi connectivity index (χ3v) is 2.91. The van der Waals surface area contributed by atoms with Crippen LogP contribution in [0.1, 0.15) is 45.0 Å². The third-order valence-electron chi connectivity index (χ3n) is 2.91. The molecule has 1 aromatic rings. The Labute approximate surface area is 114 Å². The van der Waals surface area contributed by atoms with E-state index in [2.05, 4.69) is 9.97 Å². The maximum Gasteiger partial charge on any atom is 0.237 e. The minimum atomic E-state index is -0.392. The molecule has 0 saturated carbocycles. The van der Waals surface area contributed by atoms with Crippen molar-refractivity contribution >= 4 is 17.5 Å². The molecule has 0 saturated heterocycles. The number of nitrogens with two attached hydrogens (primary N) is 2. The van der Waals surface area contributed by atoms with E-state index in [-0.39, 0.29) is 18.5 Å². The molecule has 0 radical (unpaired) electrons. The highest BCUT2D eigenvalue weighted by molar-refractivity contribution is 5.80. The summed E-state index contributed by atoms with van der Waals surface area (Å²) in [6.45, 7) is 9.94. The first-order valence-electron chi connectivity index (χ1n) is 6.43. The Morgan fingerprint density at radius 2 is 1.84 bits per heavy atom. The molecule has 0 aromatic carbocycles. The summed E-state index contributed by atoms with van der Waals surface area (Å²) < 4.78 is 0. The van der Waals surface area contributed by atoms with Gasteiger partial charge in [0.25, 0.3) is 0 Å². The van der Waals surface area contributed by atoms with E-state index in [0.717, 1.165) is 5.56 Å². The minimum Gasteiger partial charge on any atom is -0.383 e. The second-order valence-corrected chi connectivity index (χ2v) is 5.26. The molecule has 0 aliphatic rings. The van der Waals surface area contributed by atoms with E-state index in [0.29, 0.717) is 17.5 Å². The summed E-state index contributed by atoms with van der Waals surface area (Å²) in [5.74, 6) is 1.59. The van der Waals surface area contributed by atoms with Crippen molar-refractivity contribution in [1.82, 2.24) is 9.97 Å². The van der Waals surface area contributed by atoms with Crippen LogP contribution >= 0.6 is 0 Å². The smallest absolute Gasteiger partial charge is 0.237 e. The number of hydrogen-bond donors (Lipinski definition) is 2. The summed E-state index contributed by atoms with van der Waals surface area (Å²) >= 11 is 0. The average Bonchev–Trinajstić information content (AvgIpc) is 2.29. The lowest BCUT2D eigenvalue weighted by Gasteiger charge is -2.28. The van der Waals surface area contributed by atoms with Crippen molar-refractivity contribution in [2.24, 2.45) is 5.73 Å². The van der Waals surface area contributed by atoms with Crippen LogP contribution in [-0.2, 0) is 4.79 Å². The number of aromatic nitrogens is 2. The first-order chi connectivity index (χ1) is 8.73. The molecule has 4 N–H and O–H groups in total. The predicted octanol–water partition coefficient (Wildman–Crippen LogP) is 1.19. The summed E-state index contributed by atoms with van der Waals surface area (Å²) in [6, 6.07) is 0.0977. The van der Waals surface area contributed by atoms with Gasteiger partial charge in [0.2, 0.25) is 5.91 Å². The molecular formula is C13H23N5O. The number of amides is 1. The number of primary amides is 1. The number of rotatable bonds is 5. The van der Waals surface area contributed by atoms with Gasteiger partial charge in [-0.3, -0.25) is 4.79 Å².